The summed E-state index contributed by atoms with van der Waals surface area (Å²) in [6.07, 6.45) is 2.76. The summed E-state index contributed by atoms with van der Waals surface area (Å²) in [6, 6.07) is -0.805. The molecule has 1 unspecified atom stereocenters. The molecule has 1 saturated heterocycles. The summed E-state index contributed by atoms with van der Waals surface area (Å²) in [5.41, 5.74) is -1.31. The molecule has 0 spiro atoms. The van der Waals surface area contributed by atoms with E-state index in [1.54, 1.807) is 53.9 Å². The van der Waals surface area contributed by atoms with E-state index in [0.717, 1.165) is 4.47 Å². The maximum atomic E-state index is 12.8. The van der Waals surface area contributed by atoms with Crippen molar-refractivity contribution in [2.45, 2.75) is 58.8 Å². The van der Waals surface area contributed by atoms with Crippen LogP contribution in [0, 0.1) is 0 Å². The second kappa shape index (κ2) is 8.00. The Labute approximate surface area is 168 Å². The van der Waals surface area contributed by atoms with Crippen LogP contribution in [-0.4, -0.2) is 63.8 Å². The van der Waals surface area contributed by atoms with Crippen LogP contribution in [0.5, 0.6) is 0 Å². The Morgan fingerprint density at radius 3 is 2.11 bits per heavy atom. The van der Waals surface area contributed by atoms with E-state index in [4.69, 9.17) is 9.47 Å². The summed E-state index contributed by atoms with van der Waals surface area (Å²) < 4.78 is 11.8. The number of esters is 1. The third-order valence-electron chi connectivity index (χ3n) is 3.58. The largest absolute Gasteiger partial charge is 0.458 e. The Morgan fingerprint density at radius 1 is 1.04 bits per heavy atom. The van der Waals surface area contributed by atoms with Gasteiger partial charge in [-0.25, -0.2) is 19.6 Å². The van der Waals surface area contributed by atoms with Crippen LogP contribution in [0.25, 0.3) is 0 Å². The summed E-state index contributed by atoms with van der Waals surface area (Å²) in [5, 5.41) is 0. The molecule has 9 heteroatoms. The average Bonchev–Trinajstić information content (AvgIpc) is 2.51. The molecule has 0 aromatic carbocycles. The zero-order chi connectivity index (χ0) is 20.4. The number of ether oxygens (including phenoxy) is 2. The molecule has 27 heavy (non-hydrogen) atoms. The van der Waals surface area contributed by atoms with Crippen molar-refractivity contribution in [1.82, 2.24) is 14.9 Å². The molecule has 0 radical (unpaired) electrons. The van der Waals surface area contributed by atoms with Gasteiger partial charge in [-0.15, -0.1) is 0 Å². The van der Waals surface area contributed by atoms with Crippen LogP contribution in [0.3, 0.4) is 0 Å². The molecule has 1 amide bonds. The number of nitrogens with zero attached hydrogens (tertiary/aromatic N) is 4. The van der Waals surface area contributed by atoms with Gasteiger partial charge in [0.1, 0.15) is 11.2 Å². The molecule has 1 aromatic rings. The molecule has 8 nitrogen and oxygen atoms in total. The van der Waals surface area contributed by atoms with E-state index in [9.17, 15) is 9.59 Å². The predicted octanol–water partition coefficient (Wildman–Crippen LogP) is 3.01. The van der Waals surface area contributed by atoms with Crippen molar-refractivity contribution in [3.8, 4) is 0 Å². The van der Waals surface area contributed by atoms with Gasteiger partial charge in [0, 0.05) is 25.5 Å². The average molecular weight is 443 g/mol. The lowest BCUT2D eigenvalue weighted by Crippen LogP contribution is -2.60. The first-order chi connectivity index (χ1) is 12.4. The maximum Gasteiger partial charge on any atom is 0.411 e. The maximum absolute atomic E-state index is 12.8. The van der Waals surface area contributed by atoms with Crippen molar-refractivity contribution in [2.75, 3.05) is 24.5 Å². The third kappa shape index (κ3) is 6.34. The Balaban J connectivity index is 2.23. The topological polar surface area (TPSA) is 84.9 Å². The summed E-state index contributed by atoms with van der Waals surface area (Å²) in [7, 11) is 0. The third-order valence-corrected chi connectivity index (χ3v) is 3.99. The normalized spacial score (nSPS) is 18.3. The van der Waals surface area contributed by atoms with Gasteiger partial charge in [0.05, 0.1) is 11.0 Å². The van der Waals surface area contributed by atoms with E-state index in [1.807, 2.05) is 4.90 Å². The first kappa shape index (κ1) is 21.4. The molecular weight excluding hydrogens is 416 g/mol. The molecule has 1 aliphatic rings. The summed E-state index contributed by atoms with van der Waals surface area (Å²) in [4.78, 5) is 37.3. The number of carbonyl (C=O) groups is 2. The van der Waals surface area contributed by atoms with E-state index in [0.29, 0.717) is 19.0 Å². The van der Waals surface area contributed by atoms with E-state index >= 15 is 0 Å². The lowest BCUT2D eigenvalue weighted by molar-refractivity contribution is -0.161. The van der Waals surface area contributed by atoms with E-state index in [-0.39, 0.29) is 6.54 Å². The zero-order valence-electron chi connectivity index (χ0n) is 16.7. The highest BCUT2D eigenvalue weighted by Crippen LogP contribution is 2.21. The molecule has 1 aliphatic heterocycles. The summed E-state index contributed by atoms with van der Waals surface area (Å²) >= 11 is 3.31. The SMILES string of the molecule is CC(C)(C)OC(=O)C1CN(c2ncc(Br)cn2)CCN1C(=O)OC(C)(C)C. The minimum Gasteiger partial charge on any atom is -0.458 e. The number of anilines is 1. The zero-order valence-corrected chi connectivity index (χ0v) is 18.2. The van der Waals surface area contributed by atoms with Crippen LogP contribution >= 0.6 is 15.9 Å². The van der Waals surface area contributed by atoms with Gasteiger partial charge in [0.2, 0.25) is 5.95 Å². The van der Waals surface area contributed by atoms with Crippen molar-refractivity contribution in [1.29, 1.82) is 0 Å². The van der Waals surface area contributed by atoms with Crippen LogP contribution < -0.4 is 4.90 Å². The molecule has 0 bridgehead atoms. The fourth-order valence-electron chi connectivity index (χ4n) is 2.54. The lowest BCUT2D eigenvalue weighted by atomic mass is 10.1. The summed E-state index contributed by atoms with van der Waals surface area (Å²) in [5.74, 6) is 0.0192. The second-order valence-corrected chi connectivity index (χ2v) is 9.29. The molecule has 1 atom stereocenters. The van der Waals surface area contributed by atoms with Gasteiger partial charge in [-0.2, -0.15) is 0 Å². The Hall–Kier alpha value is -1.90. The second-order valence-electron chi connectivity index (χ2n) is 8.37. The van der Waals surface area contributed by atoms with E-state index in [1.165, 1.54) is 4.90 Å². The Kier molecular flexibility index (Phi) is 6.34. The van der Waals surface area contributed by atoms with Crippen LogP contribution in [0.4, 0.5) is 10.7 Å². The Morgan fingerprint density at radius 2 is 1.59 bits per heavy atom. The van der Waals surface area contributed by atoms with Crippen LogP contribution in [0.1, 0.15) is 41.5 Å². The first-order valence-corrected chi connectivity index (χ1v) is 9.60. The highest BCUT2D eigenvalue weighted by atomic mass is 79.9. The number of hydrogen-bond donors (Lipinski definition) is 0. The molecule has 2 rings (SSSR count). The molecule has 2 heterocycles. The van der Waals surface area contributed by atoms with Crippen LogP contribution in [-0.2, 0) is 14.3 Å². The van der Waals surface area contributed by atoms with Crippen molar-refractivity contribution in [3.05, 3.63) is 16.9 Å². The number of piperazine rings is 1. The van der Waals surface area contributed by atoms with Gasteiger partial charge in [0.15, 0.2) is 6.04 Å². The van der Waals surface area contributed by atoms with Gasteiger partial charge in [-0.05, 0) is 57.5 Å². The van der Waals surface area contributed by atoms with Gasteiger partial charge < -0.3 is 14.4 Å². The predicted molar refractivity (Wildman–Crippen MR) is 105 cm³/mol. The number of rotatable bonds is 2. The smallest absolute Gasteiger partial charge is 0.411 e. The van der Waals surface area contributed by atoms with Crippen LogP contribution in [0.2, 0.25) is 0 Å². The van der Waals surface area contributed by atoms with E-state index in [2.05, 4.69) is 25.9 Å². The highest BCUT2D eigenvalue weighted by Gasteiger charge is 2.40. The fourth-order valence-corrected chi connectivity index (χ4v) is 2.75. The number of halogens is 1. The van der Waals surface area contributed by atoms with Crippen molar-refractivity contribution in [3.63, 3.8) is 0 Å². The standard InChI is InChI=1S/C18H27BrN4O4/c1-17(2,3)26-14(24)13-11-22(15-20-9-12(19)10-21-15)7-8-23(13)16(25)27-18(4,5)6/h9-10,13H,7-8,11H2,1-6H3. The number of aromatic nitrogens is 2. The minimum absolute atomic E-state index is 0.232. The molecule has 1 aromatic heterocycles. The Bertz CT molecular complexity index is 682. The number of carbonyl (C=O) groups excluding carboxylic acids is 2. The first-order valence-electron chi connectivity index (χ1n) is 8.81. The van der Waals surface area contributed by atoms with Crippen LogP contribution in [0.15, 0.2) is 16.9 Å². The minimum atomic E-state index is -0.805. The lowest BCUT2D eigenvalue weighted by Gasteiger charge is -2.41. The van der Waals surface area contributed by atoms with Gasteiger partial charge in [-0.3, -0.25) is 4.90 Å². The highest BCUT2D eigenvalue weighted by molar-refractivity contribution is 9.10. The van der Waals surface area contributed by atoms with Gasteiger partial charge in [-0.1, -0.05) is 0 Å². The molecule has 150 valence electrons. The molecule has 0 saturated carbocycles. The van der Waals surface area contributed by atoms with Crippen molar-refractivity contribution in [2.24, 2.45) is 0 Å². The van der Waals surface area contributed by atoms with E-state index < -0.39 is 29.3 Å². The molecule has 0 N–H and O–H groups in total. The van der Waals surface area contributed by atoms with Gasteiger partial charge in [0.25, 0.3) is 0 Å². The van der Waals surface area contributed by atoms with Crippen molar-refractivity contribution < 1.29 is 19.1 Å². The molecular formula is C18H27BrN4O4. The monoisotopic (exact) mass is 442 g/mol. The number of amides is 1. The van der Waals surface area contributed by atoms with Crippen molar-refractivity contribution >= 4 is 33.9 Å². The summed E-state index contributed by atoms with van der Waals surface area (Å²) in [6.45, 7) is 11.8. The number of hydrogen-bond acceptors (Lipinski definition) is 7. The quantitative estimate of drug-likeness (QED) is 0.650. The fraction of sp³-hybridized carbons (Fsp3) is 0.667. The molecule has 0 aliphatic carbocycles. The molecule has 1 fully saturated rings. The van der Waals surface area contributed by atoms with Gasteiger partial charge >= 0.3 is 12.1 Å².